The second kappa shape index (κ2) is 5.71. The highest BCUT2D eigenvalue weighted by Gasteiger charge is 2.06. The van der Waals surface area contributed by atoms with Gasteiger partial charge in [-0.05, 0) is 25.1 Å². The van der Waals surface area contributed by atoms with Crippen LogP contribution >= 0.6 is 11.6 Å². The Hall–Kier alpha value is -2.08. The molecular formula is C12H13ClFN5. The van der Waals surface area contributed by atoms with Gasteiger partial charge >= 0.3 is 0 Å². The first kappa shape index (κ1) is 13.4. The van der Waals surface area contributed by atoms with Crippen LogP contribution in [0, 0.1) is 5.82 Å². The zero-order valence-corrected chi connectivity index (χ0v) is 11.0. The summed E-state index contributed by atoms with van der Waals surface area (Å²) in [5, 5.41) is 6.32. The van der Waals surface area contributed by atoms with E-state index in [1.807, 2.05) is 6.92 Å². The van der Waals surface area contributed by atoms with Crippen molar-refractivity contribution in [1.29, 1.82) is 0 Å². The Balaban J connectivity index is 2.29. The van der Waals surface area contributed by atoms with Gasteiger partial charge in [-0.2, -0.15) is 9.97 Å². The normalized spacial score (nSPS) is 10.3. The van der Waals surface area contributed by atoms with Crippen molar-refractivity contribution in [3.8, 4) is 0 Å². The molecule has 100 valence electrons. The number of nitrogens with one attached hydrogen (secondary N) is 2. The van der Waals surface area contributed by atoms with Crippen LogP contribution in [-0.4, -0.2) is 16.5 Å². The standard InChI is InChI=1S/C12H13ClFN5/c1-2-16-10-6-11(19-12(15)18-10)17-9-5-7(14)3-4-8(9)13/h3-6H,2H2,1H3,(H4,15,16,17,18,19). The maximum atomic E-state index is 13.2. The number of aromatic nitrogens is 2. The van der Waals surface area contributed by atoms with Crippen LogP contribution in [0.15, 0.2) is 24.3 Å². The quantitative estimate of drug-likeness (QED) is 0.803. The largest absolute Gasteiger partial charge is 0.370 e. The first-order valence-corrected chi connectivity index (χ1v) is 6.07. The molecule has 2 rings (SSSR count). The van der Waals surface area contributed by atoms with E-state index in [0.717, 1.165) is 0 Å². The van der Waals surface area contributed by atoms with Crippen LogP contribution in [0.2, 0.25) is 5.02 Å². The smallest absolute Gasteiger partial charge is 0.223 e. The molecular weight excluding hydrogens is 269 g/mol. The molecule has 2 aromatic rings. The van der Waals surface area contributed by atoms with Gasteiger partial charge in [0.1, 0.15) is 17.5 Å². The van der Waals surface area contributed by atoms with Crippen LogP contribution in [0.5, 0.6) is 0 Å². The average Bonchev–Trinajstić information content (AvgIpc) is 2.33. The maximum Gasteiger partial charge on any atom is 0.223 e. The summed E-state index contributed by atoms with van der Waals surface area (Å²) in [7, 11) is 0. The number of nitrogens with zero attached hydrogens (tertiary/aromatic N) is 2. The highest BCUT2D eigenvalue weighted by atomic mass is 35.5. The lowest BCUT2D eigenvalue weighted by atomic mass is 10.3. The summed E-state index contributed by atoms with van der Waals surface area (Å²) in [4.78, 5) is 8.03. The van der Waals surface area contributed by atoms with Crippen molar-refractivity contribution in [3.63, 3.8) is 0 Å². The lowest BCUT2D eigenvalue weighted by Crippen LogP contribution is -2.05. The van der Waals surface area contributed by atoms with Crippen LogP contribution < -0.4 is 16.4 Å². The molecule has 0 aliphatic rings. The van der Waals surface area contributed by atoms with Gasteiger partial charge in [-0.15, -0.1) is 0 Å². The Morgan fingerprint density at radius 1 is 1.26 bits per heavy atom. The SMILES string of the molecule is CCNc1cc(Nc2cc(F)ccc2Cl)nc(N)n1. The third-order valence-electron chi connectivity index (χ3n) is 2.29. The summed E-state index contributed by atoms with van der Waals surface area (Å²) < 4.78 is 13.2. The van der Waals surface area contributed by atoms with Crippen molar-refractivity contribution in [3.05, 3.63) is 35.1 Å². The van der Waals surface area contributed by atoms with Crippen LogP contribution in [0.4, 0.5) is 27.7 Å². The summed E-state index contributed by atoms with van der Waals surface area (Å²) in [5.74, 6) is 0.760. The van der Waals surface area contributed by atoms with E-state index in [2.05, 4.69) is 20.6 Å². The molecule has 4 N–H and O–H groups in total. The van der Waals surface area contributed by atoms with Crippen molar-refractivity contribution in [2.24, 2.45) is 0 Å². The van der Waals surface area contributed by atoms with E-state index in [1.54, 1.807) is 6.07 Å². The molecule has 0 aliphatic heterocycles. The molecule has 1 aromatic carbocycles. The fourth-order valence-electron chi connectivity index (χ4n) is 1.53. The summed E-state index contributed by atoms with van der Waals surface area (Å²) in [6, 6.07) is 5.70. The van der Waals surface area contributed by atoms with Gasteiger partial charge in [0.25, 0.3) is 0 Å². The van der Waals surface area contributed by atoms with Gasteiger partial charge in [-0.1, -0.05) is 11.6 Å². The lowest BCUT2D eigenvalue weighted by molar-refractivity contribution is 0.628. The molecule has 1 heterocycles. The van der Waals surface area contributed by atoms with Crippen molar-refractivity contribution in [2.75, 3.05) is 22.9 Å². The van der Waals surface area contributed by atoms with E-state index in [-0.39, 0.29) is 11.8 Å². The summed E-state index contributed by atoms with van der Waals surface area (Å²) in [5.41, 5.74) is 6.02. The fourth-order valence-corrected chi connectivity index (χ4v) is 1.70. The minimum Gasteiger partial charge on any atom is -0.370 e. The monoisotopic (exact) mass is 281 g/mol. The lowest BCUT2D eigenvalue weighted by Gasteiger charge is -2.10. The molecule has 0 saturated heterocycles. The van der Waals surface area contributed by atoms with E-state index < -0.39 is 0 Å². The Morgan fingerprint density at radius 2 is 2.00 bits per heavy atom. The minimum absolute atomic E-state index is 0.119. The Kier molecular flexibility index (Phi) is 4.01. The summed E-state index contributed by atoms with van der Waals surface area (Å²) >= 11 is 5.97. The van der Waals surface area contributed by atoms with E-state index >= 15 is 0 Å². The number of nitrogens with two attached hydrogens (primary N) is 1. The molecule has 1 aromatic heterocycles. The summed E-state index contributed by atoms with van der Waals surface area (Å²) in [6.45, 7) is 2.64. The number of hydrogen-bond acceptors (Lipinski definition) is 5. The molecule has 0 fully saturated rings. The third-order valence-corrected chi connectivity index (χ3v) is 2.62. The molecule has 5 nitrogen and oxygen atoms in total. The maximum absolute atomic E-state index is 13.2. The van der Waals surface area contributed by atoms with Crippen LogP contribution in [0.25, 0.3) is 0 Å². The van der Waals surface area contributed by atoms with E-state index in [4.69, 9.17) is 17.3 Å². The number of hydrogen-bond donors (Lipinski definition) is 3. The average molecular weight is 282 g/mol. The molecule has 0 atom stereocenters. The number of anilines is 4. The van der Waals surface area contributed by atoms with Crippen LogP contribution in [0.1, 0.15) is 6.92 Å². The molecule has 0 aliphatic carbocycles. The van der Waals surface area contributed by atoms with Crippen molar-refractivity contribution >= 4 is 34.9 Å². The second-order valence-corrected chi connectivity index (χ2v) is 4.18. The molecule has 0 amide bonds. The predicted octanol–water partition coefficient (Wildman–Crippen LogP) is 3.03. The first-order valence-electron chi connectivity index (χ1n) is 5.69. The predicted molar refractivity (Wildman–Crippen MR) is 75.3 cm³/mol. The summed E-state index contributed by atoms with van der Waals surface area (Å²) in [6.07, 6.45) is 0. The van der Waals surface area contributed by atoms with E-state index in [9.17, 15) is 4.39 Å². The van der Waals surface area contributed by atoms with Crippen molar-refractivity contribution in [1.82, 2.24) is 9.97 Å². The minimum atomic E-state index is -0.388. The van der Waals surface area contributed by atoms with E-state index in [1.165, 1.54) is 18.2 Å². The number of nitrogen functional groups attached to an aromatic ring is 1. The van der Waals surface area contributed by atoms with Gasteiger partial charge < -0.3 is 16.4 Å². The van der Waals surface area contributed by atoms with Gasteiger partial charge in [0.15, 0.2) is 0 Å². The molecule has 0 saturated carbocycles. The molecule has 0 bridgehead atoms. The zero-order valence-electron chi connectivity index (χ0n) is 10.2. The Bertz CT molecular complexity index is 590. The van der Waals surface area contributed by atoms with Crippen molar-refractivity contribution < 1.29 is 4.39 Å². The van der Waals surface area contributed by atoms with Crippen LogP contribution in [-0.2, 0) is 0 Å². The van der Waals surface area contributed by atoms with Gasteiger partial charge in [0, 0.05) is 12.6 Å². The van der Waals surface area contributed by atoms with Crippen molar-refractivity contribution in [2.45, 2.75) is 6.92 Å². The zero-order chi connectivity index (χ0) is 13.8. The van der Waals surface area contributed by atoms with Gasteiger partial charge in [-0.25, -0.2) is 4.39 Å². The second-order valence-electron chi connectivity index (χ2n) is 3.78. The molecule has 0 radical (unpaired) electrons. The Labute approximate surface area is 115 Å². The van der Waals surface area contributed by atoms with Crippen LogP contribution in [0.3, 0.4) is 0 Å². The van der Waals surface area contributed by atoms with Gasteiger partial charge in [-0.3, -0.25) is 0 Å². The Morgan fingerprint density at radius 3 is 2.74 bits per heavy atom. The number of halogens is 2. The third kappa shape index (κ3) is 3.45. The molecule has 7 heteroatoms. The van der Waals surface area contributed by atoms with E-state index in [0.29, 0.717) is 28.9 Å². The highest BCUT2D eigenvalue weighted by molar-refractivity contribution is 6.33. The highest BCUT2D eigenvalue weighted by Crippen LogP contribution is 2.26. The molecule has 0 spiro atoms. The number of rotatable bonds is 4. The number of benzene rings is 1. The fraction of sp³-hybridized carbons (Fsp3) is 0.167. The van der Waals surface area contributed by atoms with Gasteiger partial charge in [0.2, 0.25) is 5.95 Å². The van der Waals surface area contributed by atoms with Gasteiger partial charge in [0.05, 0.1) is 10.7 Å². The molecule has 0 unspecified atom stereocenters. The first-order chi connectivity index (χ1) is 9.08. The topological polar surface area (TPSA) is 75.9 Å². The molecule has 19 heavy (non-hydrogen) atoms.